The third-order valence-electron chi connectivity index (χ3n) is 10.6. The van der Waals surface area contributed by atoms with Crippen LogP contribution < -0.4 is 5.32 Å². The second-order valence-electron chi connectivity index (χ2n) is 12.5. The van der Waals surface area contributed by atoms with Crippen molar-refractivity contribution in [1.82, 2.24) is 10.3 Å². The van der Waals surface area contributed by atoms with Crippen LogP contribution in [-0.4, -0.2) is 41.0 Å². The van der Waals surface area contributed by atoms with Gasteiger partial charge in [0.1, 0.15) is 0 Å². The molecule has 2 aromatic rings. The maximum Gasteiger partial charge on any atom is 0.260 e. The maximum absolute atomic E-state index is 12.3. The molecule has 3 fully saturated rings. The molecule has 0 unspecified atom stereocenters. The lowest BCUT2D eigenvalue weighted by Gasteiger charge is -2.57. The Labute approximate surface area is 219 Å². The average molecular weight is 504 g/mol. The van der Waals surface area contributed by atoms with E-state index in [0.29, 0.717) is 18.4 Å². The smallest absolute Gasteiger partial charge is 0.260 e. The van der Waals surface area contributed by atoms with E-state index in [1.165, 1.54) is 30.2 Å². The van der Waals surface area contributed by atoms with Gasteiger partial charge in [0, 0.05) is 24.2 Å². The Balaban J connectivity index is 1.01. The number of nitrogens with zero attached hydrogens (tertiary/aromatic N) is 1. The number of carbonyl (C=O) groups excluding carboxylic acids is 1. The van der Waals surface area contributed by atoms with Crippen LogP contribution >= 0.6 is 0 Å². The maximum atomic E-state index is 12.3. The highest BCUT2D eigenvalue weighted by molar-refractivity contribution is 5.96. The topological polar surface area (TPSA) is 86.7 Å². The van der Waals surface area contributed by atoms with E-state index < -0.39 is 0 Å². The van der Waals surface area contributed by atoms with Gasteiger partial charge in [-0.25, -0.2) is 0 Å². The normalized spacial score (nSPS) is 36.0. The molecule has 6 rings (SSSR count). The average Bonchev–Trinajstić information content (AvgIpc) is 3.44. The van der Waals surface area contributed by atoms with E-state index in [9.17, 15) is 9.90 Å². The molecule has 0 aliphatic heterocycles. The standard InChI is InChI=1S/C31H41N3O3/c1-30-14-11-23(18-21(30)7-8-24-25-9-10-28(35)31(25,2)15-12-26(24)30)34-37-19-29(36)32-16-13-22-17-20-5-3-4-6-27(20)33-22/h3-6,17-18,24-26,28,33,35H,7-16,19H2,1-2H3,(H,32,36)/b34-23+/t24-,25-,26-,28-,30-,31-/m0/s1. The molecule has 1 aromatic heterocycles. The van der Waals surface area contributed by atoms with Crippen LogP contribution in [0.15, 0.2) is 47.1 Å². The Morgan fingerprint density at radius 3 is 2.86 bits per heavy atom. The van der Waals surface area contributed by atoms with Gasteiger partial charge in [0.05, 0.1) is 11.8 Å². The molecular weight excluding hydrogens is 462 g/mol. The second kappa shape index (κ2) is 9.61. The lowest BCUT2D eigenvalue weighted by Crippen LogP contribution is -2.51. The van der Waals surface area contributed by atoms with Gasteiger partial charge in [0.15, 0.2) is 6.61 Å². The van der Waals surface area contributed by atoms with Crippen molar-refractivity contribution in [3.05, 3.63) is 47.7 Å². The fraction of sp³-hybridized carbons (Fsp3) is 0.613. The Bertz CT molecular complexity index is 1200. The lowest BCUT2D eigenvalue weighted by molar-refractivity contribution is -0.125. The molecule has 0 bridgehead atoms. The number of allylic oxidation sites excluding steroid dienone is 2. The minimum atomic E-state index is -0.140. The molecular formula is C31H41N3O3. The number of aliphatic hydroxyl groups is 1. The highest BCUT2D eigenvalue weighted by Gasteiger charge is 2.58. The first-order valence-corrected chi connectivity index (χ1v) is 14.3. The SMILES string of the molecule is C[C@]12CC[C@H]3[C@@H](CCC4=C/C(=N/OCC(=O)NCCc5cc6ccccc6[nH]5)CC[C@@]43C)[C@@H]1CC[C@@H]2O. The molecule has 6 nitrogen and oxygen atoms in total. The third-order valence-corrected chi connectivity index (χ3v) is 10.6. The van der Waals surface area contributed by atoms with Crippen molar-refractivity contribution in [1.29, 1.82) is 0 Å². The summed E-state index contributed by atoms with van der Waals surface area (Å²) in [5.41, 5.74) is 5.08. The number of benzene rings is 1. The first kappa shape index (κ1) is 24.7. The van der Waals surface area contributed by atoms with Gasteiger partial charge in [-0.1, -0.05) is 42.8 Å². The predicted molar refractivity (Wildman–Crippen MR) is 146 cm³/mol. The molecule has 6 atom stereocenters. The Morgan fingerprint density at radius 2 is 2.00 bits per heavy atom. The number of nitrogens with one attached hydrogen (secondary N) is 2. The van der Waals surface area contributed by atoms with Gasteiger partial charge in [-0.2, -0.15) is 0 Å². The fourth-order valence-corrected chi connectivity index (χ4v) is 8.45. The Hall–Kier alpha value is -2.60. The van der Waals surface area contributed by atoms with Crippen molar-refractivity contribution in [2.45, 2.75) is 77.7 Å². The van der Waals surface area contributed by atoms with E-state index in [0.717, 1.165) is 61.4 Å². The molecule has 6 heteroatoms. The van der Waals surface area contributed by atoms with Crippen LogP contribution in [-0.2, 0) is 16.1 Å². The van der Waals surface area contributed by atoms with Crippen molar-refractivity contribution < 1.29 is 14.7 Å². The molecule has 4 aliphatic rings. The summed E-state index contributed by atoms with van der Waals surface area (Å²) in [4.78, 5) is 21.1. The van der Waals surface area contributed by atoms with E-state index in [-0.39, 0.29) is 29.4 Å². The molecule has 37 heavy (non-hydrogen) atoms. The molecule has 1 heterocycles. The second-order valence-corrected chi connectivity index (χ2v) is 12.5. The predicted octanol–water partition coefficient (Wildman–Crippen LogP) is 5.52. The Kier molecular flexibility index (Phi) is 6.42. The molecule has 4 aliphatic carbocycles. The minimum absolute atomic E-state index is 0.0517. The van der Waals surface area contributed by atoms with Gasteiger partial charge < -0.3 is 20.2 Å². The van der Waals surface area contributed by atoms with Gasteiger partial charge in [-0.05, 0) is 104 Å². The van der Waals surface area contributed by atoms with Crippen LogP contribution in [0.3, 0.4) is 0 Å². The van der Waals surface area contributed by atoms with Crippen LogP contribution in [0.2, 0.25) is 0 Å². The number of rotatable bonds is 6. The fourth-order valence-electron chi connectivity index (χ4n) is 8.45. The number of amides is 1. The first-order valence-electron chi connectivity index (χ1n) is 14.3. The number of hydrogen-bond donors (Lipinski definition) is 3. The van der Waals surface area contributed by atoms with Gasteiger partial charge in [0.2, 0.25) is 0 Å². The largest absolute Gasteiger partial charge is 0.393 e. The van der Waals surface area contributed by atoms with Crippen molar-refractivity contribution in [3.8, 4) is 0 Å². The van der Waals surface area contributed by atoms with Gasteiger partial charge in [-0.3, -0.25) is 4.79 Å². The zero-order chi connectivity index (χ0) is 25.6. The molecule has 0 radical (unpaired) electrons. The van der Waals surface area contributed by atoms with Gasteiger partial charge >= 0.3 is 0 Å². The molecule has 3 saturated carbocycles. The molecule has 198 valence electrons. The van der Waals surface area contributed by atoms with E-state index in [2.05, 4.69) is 53.6 Å². The van der Waals surface area contributed by atoms with Crippen LogP contribution in [0.4, 0.5) is 0 Å². The number of para-hydroxylation sites is 1. The molecule has 0 spiro atoms. The molecule has 0 saturated heterocycles. The van der Waals surface area contributed by atoms with Gasteiger partial charge in [0.25, 0.3) is 5.91 Å². The summed E-state index contributed by atoms with van der Waals surface area (Å²) < 4.78 is 0. The number of fused-ring (bicyclic) bond motifs is 6. The van der Waals surface area contributed by atoms with Crippen LogP contribution in [0.1, 0.15) is 70.9 Å². The van der Waals surface area contributed by atoms with Crippen molar-refractivity contribution >= 4 is 22.5 Å². The zero-order valence-electron chi connectivity index (χ0n) is 22.3. The summed E-state index contributed by atoms with van der Waals surface area (Å²) in [7, 11) is 0. The van der Waals surface area contributed by atoms with Crippen LogP contribution in [0.25, 0.3) is 10.9 Å². The summed E-state index contributed by atoms with van der Waals surface area (Å²) >= 11 is 0. The van der Waals surface area contributed by atoms with Gasteiger partial charge in [-0.15, -0.1) is 0 Å². The number of carbonyl (C=O) groups is 1. The summed E-state index contributed by atoms with van der Waals surface area (Å²) in [5.74, 6) is 1.98. The van der Waals surface area contributed by atoms with E-state index in [4.69, 9.17) is 4.84 Å². The van der Waals surface area contributed by atoms with E-state index in [1.807, 2.05) is 12.1 Å². The van der Waals surface area contributed by atoms with Crippen LogP contribution in [0, 0.1) is 28.6 Å². The van der Waals surface area contributed by atoms with E-state index >= 15 is 0 Å². The monoisotopic (exact) mass is 503 g/mol. The molecule has 1 aromatic carbocycles. The number of aromatic nitrogens is 1. The van der Waals surface area contributed by atoms with Crippen molar-refractivity contribution in [3.63, 3.8) is 0 Å². The zero-order valence-corrected chi connectivity index (χ0v) is 22.3. The minimum Gasteiger partial charge on any atom is -0.393 e. The quantitative estimate of drug-likeness (QED) is 0.454. The first-order chi connectivity index (χ1) is 17.9. The highest BCUT2D eigenvalue weighted by Crippen LogP contribution is 2.65. The summed E-state index contributed by atoms with van der Waals surface area (Å²) in [6.45, 7) is 5.33. The van der Waals surface area contributed by atoms with Crippen molar-refractivity contribution in [2.24, 2.45) is 33.7 Å². The van der Waals surface area contributed by atoms with E-state index in [1.54, 1.807) is 0 Å². The lowest BCUT2D eigenvalue weighted by atomic mass is 9.47. The Morgan fingerprint density at radius 1 is 1.14 bits per heavy atom. The summed E-state index contributed by atoms with van der Waals surface area (Å²) in [6.07, 6.45) is 11.8. The number of aromatic amines is 1. The molecule has 3 N–H and O–H groups in total. The van der Waals surface area contributed by atoms with Crippen LogP contribution in [0.5, 0.6) is 0 Å². The third kappa shape index (κ3) is 4.41. The number of hydrogen-bond acceptors (Lipinski definition) is 4. The number of oxime groups is 1. The summed E-state index contributed by atoms with van der Waals surface area (Å²) in [6, 6.07) is 10.3. The summed E-state index contributed by atoms with van der Waals surface area (Å²) in [5, 5.41) is 19.2. The number of aliphatic hydroxyl groups excluding tert-OH is 1. The molecule has 1 amide bonds. The highest BCUT2D eigenvalue weighted by atomic mass is 16.6. The number of H-pyrrole nitrogens is 1. The van der Waals surface area contributed by atoms with Crippen molar-refractivity contribution in [2.75, 3.05) is 13.2 Å².